The summed E-state index contributed by atoms with van der Waals surface area (Å²) in [6, 6.07) is 29.0. The van der Waals surface area contributed by atoms with Gasteiger partial charge in [0.1, 0.15) is 28.6 Å². The third-order valence-corrected chi connectivity index (χ3v) is 31.0. The summed E-state index contributed by atoms with van der Waals surface area (Å²) in [5.41, 5.74) is 6.30. The summed E-state index contributed by atoms with van der Waals surface area (Å²) >= 11 is 11.8. The molecule has 3 aliphatic heterocycles. The van der Waals surface area contributed by atoms with Crippen LogP contribution in [-0.2, 0) is 75.0 Å². The van der Waals surface area contributed by atoms with E-state index in [-0.39, 0.29) is 113 Å². The van der Waals surface area contributed by atoms with Gasteiger partial charge in [0.15, 0.2) is 46.6 Å². The average molecular weight is 1510 g/mol. The molecule has 0 saturated heterocycles. The number of carboxylic acid groups (broad SMARTS) is 1. The number of hydrogen-bond donors (Lipinski definition) is 4. The maximum absolute atomic E-state index is 13.9. The van der Waals surface area contributed by atoms with Gasteiger partial charge in [0.05, 0.1) is 57.3 Å². The van der Waals surface area contributed by atoms with E-state index in [4.69, 9.17) is 32.7 Å². The van der Waals surface area contributed by atoms with Gasteiger partial charge in [0.2, 0.25) is 0 Å². The van der Waals surface area contributed by atoms with Gasteiger partial charge in [0.25, 0.3) is 29.5 Å². The summed E-state index contributed by atoms with van der Waals surface area (Å²) in [7, 11) is -6.54. The van der Waals surface area contributed by atoms with Gasteiger partial charge in [-0.1, -0.05) is 71.7 Å². The fraction of sp³-hybridized carbons (Fsp3) is 0.458. The molecule has 4 N–H and O–H groups in total. The van der Waals surface area contributed by atoms with Gasteiger partial charge in [-0.05, 0) is 167 Å². The van der Waals surface area contributed by atoms with Gasteiger partial charge < -0.3 is 39.9 Å². The molecule has 0 atom stereocenters. The summed E-state index contributed by atoms with van der Waals surface area (Å²) in [4.78, 5) is 82.9. The highest BCUT2D eigenvalue weighted by Gasteiger charge is 2.63. The number of amides is 5. The number of aromatic carboxylic acids is 1. The lowest BCUT2D eigenvalue weighted by atomic mass is 10.0. The van der Waals surface area contributed by atoms with Gasteiger partial charge in [0, 0.05) is 79.1 Å². The lowest BCUT2D eigenvalue weighted by Crippen LogP contribution is -2.47. The van der Waals surface area contributed by atoms with Crippen LogP contribution in [0.15, 0.2) is 97.1 Å². The molecule has 26 nitrogen and oxygen atoms in total. The number of rotatable bonds is 25. The number of carboxylic acids is 1. The summed E-state index contributed by atoms with van der Waals surface area (Å²) in [5, 5.41) is 31.5. The molecule has 31 heteroatoms. The van der Waals surface area contributed by atoms with Gasteiger partial charge in [-0.2, -0.15) is 15.3 Å². The van der Waals surface area contributed by atoms with Crippen molar-refractivity contribution < 1.29 is 68.6 Å². The first-order valence-corrected chi connectivity index (χ1v) is 40.1. The largest absolute Gasteiger partial charge is 0.497 e. The van der Waals surface area contributed by atoms with Crippen molar-refractivity contribution in [3.05, 3.63) is 180 Å². The number of ether oxygens (including phenoxy) is 2. The van der Waals surface area contributed by atoms with Crippen LogP contribution in [0.2, 0.25) is 10.0 Å². The Balaban J connectivity index is 0.000000132. The van der Waals surface area contributed by atoms with Crippen LogP contribution < -0.4 is 20.1 Å². The number of H-pyrrole nitrogens is 1. The van der Waals surface area contributed by atoms with E-state index in [1.807, 2.05) is 60.7 Å². The molecule has 6 fully saturated rings. The summed E-state index contributed by atoms with van der Waals surface area (Å²) < 4.78 is 88.7. The van der Waals surface area contributed by atoms with Crippen molar-refractivity contribution in [3.63, 3.8) is 0 Å². The number of sulfone groups is 3. The third-order valence-electron chi connectivity index (χ3n) is 21.3. The number of halogens is 2. The molecule has 6 heterocycles. The van der Waals surface area contributed by atoms with E-state index >= 15 is 0 Å². The number of aromatic nitrogens is 6. The first-order valence-electron chi connectivity index (χ1n) is 34.7. The van der Waals surface area contributed by atoms with E-state index in [0.717, 1.165) is 35.1 Å². The fourth-order valence-corrected chi connectivity index (χ4v) is 21.9. The Bertz CT molecular complexity index is 4870. The van der Waals surface area contributed by atoms with Crippen LogP contribution in [0.4, 0.5) is 0 Å². The Kier molecular flexibility index (Phi) is 19.2. The Hall–Kier alpha value is -8.64. The summed E-state index contributed by atoms with van der Waals surface area (Å²) in [6.45, 7) is 2.72. The minimum absolute atomic E-state index is 0.117. The van der Waals surface area contributed by atoms with Crippen LogP contribution in [0.3, 0.4) is 0 Å². The monoisotopic (exact) mass is 1500 g/mol. The number of carbonyl (C=O) groups excluding carboxylic acids is 5. The van der Waals surface area contributed by atoms with Crippen molar-refractivity contribution in [3.8, 4) is 11.5 Å². The number of methoxy groups -OCH3 is 2. The molecule has 16 rings (SSSR count). The van der Waals surface area contributed by atoms with Crippen LogP contribution in [0.5, 0.6) is 11.5 Å². The standard InChI is InChI=1S/C29H31ClN4O5S.C22H25N3O6S.C21H23ClN4O4S/c1-39-22-8-4-20(5-9-22)17-34-26-24(25(32-34)27(35)31-16-19-2-6-21(30)7-3-19)12-15-33(28(26)36)18-29(13-14-29)40(37,38)23-10-11-23;1-31-15-4-2-14(3-5-15)12-25-19-17(18(23-25)21(27)28)8-11-24(20(19)26)13-22(9-10-22)32(29,30)16-6-7-16;22-14-3-1-13(2-4-14)11-23-19(27)17-16-7-10-26(20(28)18(16)25-24-17)12-21(8-9-21)31(29,30)15-5-6-15/h2-9,23H,10-18H2,1H3,(H,31,35);2-5,16H,6-13H2,1H3,(H,27,28);1-4,15H,5-12H2,(H,23,27)(H,24,25). The molecular formula is C72H79Cl2N11O15S3. The van der Waals surface area contributed by atoms with Crippen LogP contribution in [-0.4, -0.2) is 194 Å². The van der Waals surface area contributed by atoms with Gasteiger partial charge in [-0.25, -0.2) is 30.0 Å². The Morgan fingerprint density at radius 1 is 0.495 bits per heavy atom. The van der Waals surface area contributed by atoms with Crippen LogP contribution in [0.1, 0.15) is 179 Å². The average Bonchev–Trinajstić information content (AvgIpc) is 1.57. The van der Waals surface area contributed by atoms with Crippen molar-refractivity contribution in [2.24, 2.45) is 0 Å². The highest BCUT2D eigenvalue weighted by Crippen LogP contribution is 2.53. The number of hydrogen-bond acceptors (Lipinski definition) is 17. The molecule has 0 bridgehead atoms. The van der Waals surface area contributed by atoms with E-state index in [0.29, 0.717) is 154 Å². The molecule has 5 amide bonds. The van der Waals surface area contributed by atoms with E-state index in [2.05, 4.69) is 31.0 Å². The van der Waals surface area contributed by atoms with E-state index in [1.54, 1.807) is 70.0 Å². The smallest absolute Gasteiger partial charge is 0.356 e. The van der Waals surface area contributed by atoms with E-state index < -0.39 is 49.7 Å². The highest BCUT2D eigenvalue weighted by atomic mass is 35.5. The number of benzene rings is 4. The van der Waals surface area contributed by atoms with E-state index in [9.17, 15) is 59.1 Å². The minimum Gasteiger partial charge on any atom is -0.497 e. The first-order chi connectivity index (χ1) is 49.3. The van der Waals surface area contributed by atoms with Crippen molar-refractivity contribution in [1.82, 2.24) is 55.1 Å². The maximum Gasteiger partial charge on any atom is 0.356 e. The molecule has 103 heavy (non-hydrogen) atoms. The molecular weight excluding hydrogens is 1430 g/mol. The predicted octanol–water partition coefficient (Wildman–Crippen LogP) is 7.48. The molecule has 0 radical (unpaired) electrons. The van der Waals surface area contributed by atoms with E-state index in [1.165, 1.54) is 4.68 Å². The predicted molar refractivity (Wildman–Crippen MR) is 380 cm³/mol. The third kappa shape index (κ3) is 14.3. The van der Waals surface area contributed by atoms with Gasteiger partial charge in [-0.15, -0.1) is 0 Å². The zero-order valence-corrected chi connectivity index (χ0v) is 60.8. The fourth-order valence-electron chi connectivity index (χ4n) is 14.3. The van der Waals surface area contributed by atoms with Crippen molar-refractivity contribution >= 4 is 88.2 Å². The van der Waals surface area contributed by atoms with Crippen molar-refractivity contribution in [2.45, 2.75) is 152 Å². The Morgan fingerprint density at radius 2 is 0.835 bits per heavy atom. The minimum atomic E-state index is -3.26. The second-order valence-electron chi connectivity index (χ2n) is 28.4. The van der Waals surface area contributed by atoms with Crippen molar-refractivity contribution in [2.75, 3.05) is 53.5 Å². The molecule has 0 unspecified atom stereocenters. The number of carbonyl (C=O) groups is 6. The van der Waals surface area contributed by atoms with Crippen LogP contribution in [0, 0.1) is 0 Å². The SMILES string of the molecule is COc1ccc(Cn2nc(C(=O)NCc3ccc(Cl)cc3)c3c2C(=O)N(CC2(S(=O)(=O)C4CC4)CC2)CC3)cc1.COc1ccc(Cn2nc(C(=O)O)c3c2C(=O)N(CC2(S(=O)(=O)C4CC4)CC2)CC3)cc1.O=C(NCc1ccc(Cl)cc1)c1n[nH]c2c1CCN(CC1(S(=O)(=O)C3CC3)CC1)C2=O. The molecule has 4 aromatic carbocycles. The molecule has 0 spiro atoms. The molecule has 7 aromatic rings. The number of fused-ring (bicyclic) bond motifs is 3. The molecule has 544 valence electrons. The molecule has 6 aliphatic carbocycles. The zero-order valence-electron chi connectivity index (χ0n) is 56.9. The summed E-state index contributed by atoms with van der Waals surface area (Å²) in [5.74, 6) is -1.42. The van der Waals surface area contributed by atoms with Gasteiger partial charge >= 0.3 is 5.97 Å². The number of nitrogens with one attached hydrogen (secondary N) is 3. The maximum atomic E-state index is 13.9. The van der Waals surface area contributed by atoms with Gasteiger partial charge in [-0.3, -0.25) is 38.4 Å². The lowest BCUT2D eigenvalue weighted by Gasteiger charge is -2.31. The normalized spacial score (nSPS) is 19.0. The highest BCUT2D eigenvalue weighted by molar-refractivity contribution is 7.94. The van der Waals surface area contributed by atoms with Crippen molar-refractivity contribution in [1.29, 1.82) is 0 Å². The quantitative estimate of drug-likeness (QED) is 0.0431. The second kappa shape index (κ2) is 27.8. The summed E-state index contributed by atoms with van der Waals surface area (Å²) in [6.07, 6.45) is 9.09. The number of aromatic amines is 1. The molecule has 6 saturated carbocycles. The second-order valence-corrected chi connectivity index (χ2v) is 37.2. The Labute approximate surface area is 605 Å². The topological polar surface area (TPSA) is 342 Å². The van der Waals surface area contributed by atoms with Crippen LogP contribution >= 0.6 is 23.2 Å². The van der Waals surface area contributed by atoms with Crippen LogP contribution in [0.25, 0.3) is 0 Å². The number of nitrogens with zero attached hydrogens (tertiary/aromatic N) is 8. The molecule has 3 aromatic heterocycles. The molecule has 9 aliphatic rings. The lowest BCUT2D eigenvalue weighted by molar-refractivity contribution is 0.0684. The first kappa shape index (κ1) is 71.4. The Morgan fingerprint density at radius 3 is 1.19 bits per heavy atom. The zero-order chi connectivity index (χ0) is 72.5.